The molecule has 5 nitrogen and oxygen atoms in total. The van der Waals surface area contributed by atoms with E-state index in [1.165, 1.54) is 42.5 Å². The number of hydrogen-bond donors (Lipinski definition) is 2. The number of amides is 1. The van der Waals surface area contributed by atoms with E-state index in [2.05, 4.69) is 10.6 Å². The molecule has 1 aliphatic rings. The van der Waals surface area contributed by atoms with Crippen molar-refractivity contribution in [2.75, 3.05) is 12.4 Å². The largest absolute Gasteiger partial charge is 0.497 e. The minimum Gasteiger partial charge on any atom is -0.497 e. The molecule has 0 aliphatic carbocycles. The van der Waals surface area contributed by atoms with E-state index >= 15 is 0 Å². The van der Waals surface area contributed by atoms with Gasteiger partial charge in [-0.1, -0.05) is 18.2 Å². The fourth-order valence-corrected chi connectivity index (χ4v) is 4.21. The lowest BCUT2D eigenvalue weighted by atomic mass is 9.85. The number of nitrogens with one attached hydrogen (secondary N) is 2. The number of alkyl halides is 3. The second kappa shape index (κ2) is 9.53. The molecule has 4 rings (SSSR count). The molecule has 8 heteroatoms. The maximum Gasteiger partial charge on any atom is 0.417 e. The Labute approximate surface area is 207 Å². The van der Waals surface area contributed by atoms with Gasteiger partial charge < -0.3 is 15.4 Å². The quantitative estimate of drug-likeness (QED) is 0.332. The van der Waals surface area contributed by atoms with Crippen molar-refractivity contribution in [2.24, 2.45) is 0 Å². The van der Waals surface area contributed by atoms with E-state index in [9.17, 15) is 22.8 Å². The van der Waals surface area contributed by atoms with Gasteiger partial charge in [0.2, 0.25) is 0 Å². The van der Waals surface area contributed by atoms with Crippen molar-refractivity contribution in [3.05, 3.63) is 101 Å². The molecule has 1 aliphatic heterocycles. The molecule has 0 aromatic heterocycles. The summed E-state index contributed by atoms with van der Waals surface area (Å²) < 4.78 is 45.0. The van der Waals surface area contributed by atoms with Gasteiger partial charge in [0.15, 0.2) is 5.78 Å². The van der Waals surface area contributed by atoms with Crippen molar-refractivity contribution in [1.29, 1.82) is 0 Å². The first-order chi connectivity index (χ1) is 17.0. The standard InChI is InChI=1S/C28H25F3N2O3/c1-27(2)16-18-10-13-20(36-3)14-22(18)24(33-27)15-25(34)17-8-11-19(12-9-17)32-26(35)21-6-4-5-7-23(21)28(29,30)31/h4-15,33H,16H2,1-3H3,(H,32,35)/b24-15-. The van der Waals surface area contributed by atoms with Gasteiger partial charge in [-0.2, -0.15) is 13.2 Å². The molecular formula is C28H25F3N2O3. The topological polar surface area (TPSA) is 67.4 Å². The summed E-state index contributed by atoms with van der Waals surface area (Å²) >= 11 is 0. The number of carbonyl (C=O) groups excluding carboxylic acids is 2. The van der Waals surface area contributed by atoms with E-state index in [-0.39, 0.29) is 17.0 Å². The molecule has 1 heterocycles. The van der Waals surface area contributed by atoms with Crippen molar-refractivity contribution in [1.82, 2.24) is 5.32 Å². The van der Waals surface area contributed by atoms with Gasteiger partial charge >= 0.3 is 6.18 Å². The lowest BCUT2D eigenvalue weighted by Gasteiger charge is -2.35. The van der Waals surface area contributed by atoms with Crippen LogP contribution in [0.1, 0.15) is 51.3 Å². The number of ketones is 1. The van der Waals surface area contributed by atoms with Crippen LogP contribution in [0.4, 0.5) is 18.9 Å². The number of anilines is 1. The number of fused-ring (bicyclic) bond motifs is 1. The number of halogens is 3. The molecule has 0 bridgehead atoms. The smallest absolute Gasteiger partial charge is 0.417 e. The van der Waals surface area contributed by atoms with Gasteiger partial charge in [0.05, 0.1) is 18.2 Å². The van der Waals surface area contributed by atoms with Gasteiger partial charge in [-0.05, 0) is 74.4 Å². The number of carbonyl (C=O) groups is 2. The summed E-state index contributed by atoms with van der Waals surface area (Å²) in [4.78, 5) is 25.5. The zero-order valence-electron chi connectivity index (χ0n) is 20.0. The van der Waals surface area contributed by atoms with Gasteiger partial charge in [-0.15, -0.1) is 0 Å². The Morgan fingerprint density at radius 1 is 1.03 bits per heavy atom. The van der Waals surface area contributed by atoms with Crippen LogP contribution in [0.5, 0.6) is 5.75 Å². The fraction of sp³-hybridized carbons (Fsp3) is 0.214. The monoisotopic (exact) mass is 494 g/mol. The summed E-state index contributed by atoms with van der Waals surface area (Å²) in [7, 11) is 1.58. The number of ether oxygens (including phenoxy) is 1. The third-order valence-electron chi connectivity index (χ3n) is 5.89. The highest BCUT2D eigenvalue weighted by Gasteiger charge is 2.35. The van der Waals surface area contributed by atoms with Crippen LogP contribution in [0.15, 0.2) is 72.8 Å². The van der Waals surface area contributed by atoms with E-state index in [4.69, 9.17) is 4.74 Å². The molecule has 2 N–H and O–H groups in total. The molecule has 3 aromatic rings. The molecule has 36 heavy (non-hydrogen) atoms. The first-order valence-electron chi connectivity index (χ1n) is 11.3. The van der Waals surface area contributed by atoms with Gasteiger partial charge in [-0.3, -0.25) is 9.59 Å². The molecule has 186 valence electrons. The Balaban J connectivity index is 1.55. The van der Waals surface area contributed by atoms with Crippen LogP contribution >= 0.6 is 0 Å². The number of rotatable bonds is 5. The van der Waals surface area contributed by atoms with Crippen LogP contribution in [0, 0.1) is 0 Å². The van der Waals surface area contributed by atoms with Gasteiger partial charge in [0.1, 0.15) is 5.75 Å². The predicted molar refractivity (Wildman–Crippen MR) is 132 cm³/mol. The number of methoxy groups -OCH3 is 1. The van der Waals surface area contributed by atoms with Crippen molar-refractivity contribution >= 4 is 23.1 Å². The molecule has 0 fully saturated rings. The third-order valence-corrected chi connectivity index (χ3v) is 5.89. The number of allylic oxidation sites excluding steroid dienone is 1. The molecule has 0 saturated heterocycles. The lowest BCUT2D eigenvalue weighted by molar-refractivity contribution is -0.137. The van der Waals surface area contributed by atoms with Crippen molar-refractivity contribution in [3.63, 3.8) is 0 Å². The summed E-state index contributed by atoms with van der Waals surface area (Å²) in [5.74, 6) is -0.464. The summed E-state index contributed by atoms with van der Waals surface area (Å²) in [6.07, 6.45) is -2.35. The third kappa shape index (κ3) is 5.43. The molecular weight excluding hydrogens is 469 g/mol. The van der Waals surface area contributed by atoms with Gasteiger partial charge in [0.25, 0.3) is 5.91 Å². The van der Waals surface area contributed by atoms with Crippen LogP contribution < -0.4 is 15.4 Å². The highest BCUT2D eigenvalue weighted by molar-refractivity contribution is 6.09. The summed E-state index contributed by atoms with van der Waals surface area (Å²) in [5.41, 5.74) is 1.54. The second-order valence-electron chi connectivity index (χ2n) is 9.21. The number of benzene rings is 3. The molecule has 3 aromatic carbocycles. The Morgan fingerprint density at radius 3 is 2.39 bits per heavy atom. The van der Waals surface area contributed by atoms with Crippen molar-refractivity contribution < 1.29 is 27.5 Å². The van der Waals surface area contributed by atoms with Crippen molar-refractivity contribution in [2.45, 2.75) is 32.0 Å². The molecule has 1 amide bonds. The normalized spacial score (nSPS) is 15.6. The maximum absolute atomic E-state index is 13.2. The molecule has 0 saturated carbocycles. The Morgan fingerprint density at radius 2 is 1.72 bits per heavy atom. The van der Waals surface area contributed by atoms with Crippen LogP contribution in [0.3, 0.4) is 0 Å². The Hall–Kier alpha value is -4.07. The van der Waals surface area contributed by atoms with E-state index in [1.54, 1.807) is 7.11 Å². The maximum atomic E-state index is 13.2. The summed E-state index contributed by atoms with van der Waals surface area (Å²) in [6, 6.07) is 16.3. The fourth-order valence-electron chi connectivity index (χ4n) is 4.21. The van der Waals surface area contributed by atoms with E-state index < -0.39 is 23.2 Å². The highest BCUT2D eigenvalue weighted by Crippen LogP contribution is 2.33. The molecule has 0 radical (unpaired) electrons. The lowest BCUT2D eigenvalue weighted by Crippen LogP contribution is -2.43. The second-order valence-corrected chi connectivity index (χ2v) is 9.21. The molecule has 0 unspecified atom stereocenters. The summed E-state index contributed by atoms with van der Waals surface area (Å²) in [6.45, 7) is 4.10. The highest BCUT2D eigenvalue weighted by atomic mass is 19.4. The molecule has 0 spiro atoms. The average molecular weight is 495 g/mol. The average Bonchev–Trinajstić information content (AvgIpc) is 2.83. The number of hydrogen-bond acceptors (Lipinski definition) is 4. The van der Waals surface area contributed by atoms with Gasteiger partial charge in [-0.25, -0.2) is 0 Å². The molecule has 0 atom stereocenters. The van der Waals surface area contributed by atoms with Crippen LogP contribution in [0.2, 0.25) is 0 Å². The SMILES string of the molecule is COc1ccc2c(c1)/C(=C/C(=O)c1ccc(NC(=O)c3ccccc3C(F)(F)F)cc1)NC(C)(C)C2. The zero-order valence-corrected chi connectivity index (χ0v) is 20.0. The van der Waals surface area contributed by atoms with E-state index in [0.717, 1.165) is 29.7 Å². The van der Waals surface area contributed by atoms with Crippen LogP contribution in [-0.2, 0) is 12.6 Å². The predicted octanol–water partition coefficient (Wildman–Crippen LogP) is 6.11. The first kappa shape index (κ1) is 25.0. The van der Waals surface area contributed by atoms with Crippen LogP contribution in [0.25, 0.3) is 5.70 Å². The first-order valence-corrected chi connectivity index (χ1v) is 11.3. The minimum absolute atomic E-state index is 0.255. The van der Waals surface area contributed by atoms with Crippen molar-refractivity contribution in [3.8, 4) is 5.75 Å². The van der Waals surface area contributed by atoms with Gasteiger partial charge in [0, 0.05) is 34.1 Å². The van der Waals surface area contributed by atoms with Crippen LogP contribution in [-0.4, -0.2) is 24.3 Å². The van der Waals surface area contributed by atoms with E-state index in [1.807, 2.05) is 32.0 Å². The Kier molecular flexibility index (Phi) is 6.63. The van der Waals surface area contributed by atoms with E-state index in [0.29, 0.717) is 17.0 Å². The minimum atomic E-state index is -4.65. The zero-order chi connectivity index (χ0) is 26.1. The Bertz CT molecular complexity index is 1340. The summed E-state index contributed by atoms with van der Waals surface area (Å²) in [5, 5.41) is 5.87.